The van der Waals surface area contributed by atoms with Crippen LogP contribution >= 0.6 is 11.6 Å². The summed E-state index contributed by atoms with van der Waals surface area (Å²) in [5.41, 5.74) is 1.42. The first-order chi connectivity index (χ1) is 8.11. The molecule has 1 atom stereocenters. The van der Waals surface area contributed by atoms with E-state index in [1.807, 2.05) is 0 Å². The molecule has 0 amide bonds. The number of aromatic nitrogens is 4. The molecule has 0 aliphatic rings. The molecule has 17 heavy (non-hydrogen) atoms. The predicted molar refractivity (Wildman–Crippen MR) is 64.9 cm³/mol. The van der Waals surface area contributed by atoms with E-state index in [4.69, 9.17) is 11.6 Å². The Balaban J connectivity index is 2.37. The number of nitrogens with zero attached hydrogens (tertiary/aromatic N) is 3. The topological polar surface area (TPSA) is 66.5 Å². The molecule has 0 aliphatic heterocycles. The fraction of sp³-hybridized carbons (Fsp3) is 0.500. The number of rotatable bonds is 4. The van der Waals surface area contributed by atoms with Crippen LogP contribution in [0.1, 0.15) is 13.8 Å². The Kier molecular flexibility index (Phi) is 4.03. The van der Waals surface area contributed by atoms with Gasteiger partial charge < -0.3 is 0 Å². The maximum absolute atomic E-state index is 5.88. The van der Waals surface area contributed by atoms with E-state index in [2.05, 4.69) is 44.0 Å². The summed E-state index contributed by atoms with van der Waals surface area (Å²) < 4.78 is 0.464. The molecule has 0 aromatic carbocycles. The molecule has 1 unspecified atom stereocenters. The van der Waals surface area contributed by atoms with E-state index in [9.17, 15) is 0 Å². The molecular weight excluding hydrogens is 353 g/mol. The average molecular weight is 367 g/mol. The molecule has 0 aliphatic carbocycles. The molecule has 0 bridgehead atoms. The van der Waals surface area contributed by atoms with Gasteiger partial charge in [0.1, 0.15) is 0 Å². The van der Waals surface area contributed by atoms with Crippen LogP contribution in [0.3, 0.4) is 0 Å². The summed E-state index contributed by atoms with van der Waals surface area (Å²) in [4.78, 5) is 17.7. The normalized spacial score (nSPS) is 13.5. The molecule has 5 nitrogen and oxygen atoms in total. The number of anilines is 1. The van der Waals surface area contributed by atoms with Crippen molar-refractivity contribution in [3.8, 4) is 0 Å². The molecule has 2 rings (SSSR count). The number of halogens is 2. The van der Waals surface area contributed by atoms with Gasteiger partial charge in [-0.25, -0.2) is 0 Å². The van der Waals surface area contributed by atoms with Gasteiger partial charge in [-0.05, 0) is 0 Å². The van der Waals surface area contributed by atoms with Gasteiger partial charge in [-0.1, -0.05) is 0 Å². The summed E-state index contributed by atoms with van der Waals surface area (Å²) in [7, 11) is 0. The maximum atomic E-state index is 5.88. The summed E-state index contributed by atoms with van der Waals surface area (Å²) in [5.74, 6) is 1.32. The van der Waals surface area contributed by atoms with Gasteiger partial charge in [-0.15, -0.1) is 0 Å². The van der Waals surface area contributed by atoms with Crippen molar-refractivity contribution in [3.05, 3.63) is 11.6 Å². The second kappa shape index (κ2) is 5.34. The van der Waals surface area contributed by atoms with Crippen LogP contribution < -0.4 is 26.5 Å². The zero-order valence-electron chi connectivity index (χ0n) is 9.83. The van der Waals surface area contributed by atoms with Crippen LogP contribution in [0, 0.1) is 5.92 Å². The molecule has 2 heterocycles. The van der Waals surface area contributed by atoms with E-state index in [1.54, 1.807) is 6.33 Å². The summed E-state index contributed by atoms with van der Waals surface area (Å²) >= 11 is 5.95. The van der Waals surface area contributed by atoms with E-state index in [1.165, 1.54) is 0 Å². The number of alkyl halides is 2. The monoisotopic (exact) mass is 366 g/mol. The van der Waals surface area contributed by atoms with Crippen LogP contribution in [0.5, 0.6) is 0 Å². The third-order valence-electron chi connectivity index (χ3n) is 2.35. The molecule has 0 radical (unpaired) electrons. The molecule has 0 fully saturated rings. The molecule has 0 saturated carbocycles. The van der Waals surface area contributed by atoms with Crippen molar-refractivity contribution in [3.63, 3.8) is 0 Å². The Bertz CT molecular complexity index is 512. The minimum absolute atomic E-state index is 0.0747. The van der Waals surface area contributed by atoms with Crippen molar-refractivity contribution >= 4 is 28.6 Å². The number of hydrogen-bond acceptors (Lipinski definition) is 4. The van der Waals surface area contributed by atoms with Crippen molar-refractivity contribution in [2.45, 2.75) is 17.9 Å². The van der Waals surface area contributed by atoms with E-state index in [0.29, 0.717) is 15.6 Å². The number of imidazole rings is 1. The first-order valence-corrected chi connectivity index (χ1v) is 9.01. The Morgan fingerprint density at radius 3 is 2.82 bits per heavy atom. The standard InChI is InChI=1S/C10H14ClIN5/c1-5(2)7(12-3)15-9-6-8(14-4-13-6)16-10(11)17-9/h4-5,7H,1-3H3,(H2,13,14,15,16,17)/q-1. The summed E-state index contributed by atoms with van der Waals surface area (Å²) in [6.45, 7) is 4.40. The van der Waals surface area contributed by atoms with Gasteiger partial charge in [0.25, 0.3) is 0 Å². The Morgan fingerprint density at radius 2 is 2.18 bits per heavy atom. The van der Waals surface area contributed by atoms with Gasteiger partial charge in [-0.3, -0.25) is 0 Å². The van der Waals surface area contributed by atoms with Crippen LogP contribution in [-0.4, -0.2) is 28.9 Å². The van der Waals surface area contributed by atoms with E-state index >= 15 is 0 Å². The van der Waals surface area contributed by atoms with Crippen molar-refractivity contribution in [2.24, 2.45) is 5.92 Å². The second-order valence-corrected chi connectivity index (χ2v) is 6.88. The molecule has 2 N–H and O–H groups in total. The van der Waals surface area contributed by atoms with Crippen molar-refractivity contribution in [1.29, 1.82) is 0 Å². The minimum atomic E-state index is 0.0747. The molecule has 7 heteroatoms. The molecule has 94 valence electrons. The number of hydrogen-bond donors (Lipinski definition) is 2. The van der Waals surface area contributed by atoms with Crippen LogP contribution in [0.25, 0.3) is 11.2 Å². The van der Waals surface area contributed by atoms with Crippen LogP contribution in [0.4, 0.5) is 5.82 Å². The summed E-state index contributed by atoms with van der Waals surface area (Å²) in [6, 6.07) is 0. The predicted octanol–water partition coefficient (Wildman–Crippen LogP) is -0.881. The van der Waals surface area contributed by atoms with Crippen LogP contribution in [0.2, 0.25) is 5.28 Å². The molecule has 2 aromatic rings. The summed E-state index contributed by atoms with van der Waals surface area (Å²) in [6.07, 6.45) is 1.60. The Hall–Kier alpha value is -0.630. The fourth-order valence-corrected chi connectivity index (χ4v) is 3.72. The van der Waals surface area contributed by atoms with Gasteiger partial charge in [-0.2, -0.15) is 0 Å². The average Bonchev–Trinajstić information content (AvgIpc) is 2.72. The third-order valence-corrected chi connectivity index (χ3v) is 5.61. The van der Waals surface area contributed by atoms with Gasteiger partial charge in [0.2, 0.25) is 0 Å². The molecule has 0 spiro atoms. The number of H-pyrrole nitrogens is 1. The van der Waals surface area contributed by atoms with Gasteiger partial charge in [0.05, 0.1) is 0 Å². The fourth-order valence-electron chi connectivity index (χ4n) is 1.51. The SMILES string of the molecule is C[I-]C(Nc1nc(Cl)nc2nc[nH]c12)C(C)C. The molecule has 2 aromatic heterocycles. The first kappa shape index (κ1) is 12.8. The second-order valence-electron chi connectivity index (χ2n) is 3.95. The van der Waals surface area contributed by atoms with E-state index in [-0.39, 0.29) is 26.5 Å². The first-order valence-electron chi connectivity index (χ1n) is 5.23. The summed E-state index contributed by atoms with van der Waals surface area (Å²) in [5, 5.41) is 3.67. The van der Waals surface area contributed by atoms with E-state index < -0.39 is 0 Å². The van der Waals surface area contributed by atoms with Crippen molar-refractivity contribution < 1.29 is 21.2 Å². The van der Waals surface area contributed by atoms with Crippen molar-refractivity contribution in [2.75, 3.05) is 10.2 Å². The zero-order valence-corrected chi connectivity index (χ0v) is 12.7. The number of fused-ring (bicyclic) bond motifs is 1. The van der Waals surface area contributed by atoms with E-state index in [0.717, 1.165) is 11.3 Å². The van der Waals surface area contributed by atoms with Crippen LogP contribution in [-0.2, 0) is 0 Å². The van der Waals surface area contributed by atoms with Gasteiger partial charge in [0.15, 0.2) is 0 Å². The third kappa shape index (κ3) is 2.79. The van der Waals surface area contributed by atoms with Crippen LogP contribution in [0.15, 0.2) is 6.33 Å². The Morgan fingerprint density at radius 1 is 1.41 bits per heavy atom. The quantitative estimate of drug-likeness (QED) is 0.319. The molecular formula is C10H14ClIN5-. The van der Waals surface area contributed by atoms with Gasteiger partial charge in [0, 0.05) is 0 Å². The number of nitrogens with one attached hydrogen (secondary N) is 2. The van der Waals surface area contributed by atoms with Gasteiger partial charge >= 0.3 is 115 Å². The molecule has 0 saturated heterocycles. The Labute approximate surface area is 115 Å². The zero-order chi connectivity index (χ0) is 12.4. The van der Waals surface area contributed by atoms with Crippen molar-refractivity contribution in [1.82, 2.24) is 19.9 Å². The number of aromatic amines is 1.